The standard InChI is InChI=1S/C11H15IN2OS/c1-15-8-4-7-13-11(16)14-10-6-3-2-5-9(10)12/h2-3,5-6H,4,7-8H2,1H3,(H2,13,14,16). The lowest BCUT2D eigenvalue weighted by molar-refractivity contribution is 0.196. The van der Waals surface area contributed by atoms with Crippen LogP contribution in [0.4, 0.5) is 5.69 Å². The molecule has 16 heavy (non-hydrogen) atoms. The Bertz CT molecular complexity index is 347. The number of nitrogens with one attached hydrogen (secondary N) is 2. The molecule has 0 aliphatic rings. The first-order chi connectivity index (χ1) is 7.74. The second kappa shape index (κ2) is 7.81. The fourth-order valence-corrected chi connectivity index (χ4v) is 1.88. The van der Waals surface area contributed by atoms with Crippen LogP contribution in [0.2, 0.25) is 0 Å². The quantitative estimate of drug-likeness (QED) is 0.486. The van der Waals surface area contributed by atoms with E-state index in [-0.39, 0.29) is 0 Å². The van der Waals surface area contributed by atoms with Gasteiger partial charge in [-0.2, -0.15) is 0 Å². The number of methoxy groups -OCH3 is 1. The second-order valence-corrected chi connectivity index (χ2v) is 4.78. The second-order valence-electron chi connectivity index (χ2n) is 3.21. The van der Waals surface area contributed by atoms with Gasteiger partial charge in [-0.15, -0.1) is 0 Å². The first-order valence-electron chi connectivity index (χ1n) is 5.02. The molecule has 3 nitrogen and oxygen atoms in total. The van der Waals surface area contributed by atoms with Crippen LogP contribution in [0.15, 0.2) is 24.3 Å². The Hall–Kier alpha value is -0.400. The van der Waals surface area contributed by atoms with E-state index in [2.05, 4.69) is 33.2 Å². The molecule has 1 rings (SSSR count). The molecule has 1 aromatic carbocycles. The van der Waals surface area contributed by atoms with Crippen LogP contribution in [-0.2, 0) is 4.74 Å². The van der Waals surface area contributed by atoms with Crippen molar-refractivity contribution >= 4 is 45.6 Å². The van der Waals surface area contributed by atoms with E-state index in [1.54, 1.807) is 7.11 Å². The third kappa shape index (κ3) is 5.09. The topological polar surface area (TPSA) is 33.3 Å². The lowest BCUT2D eigenvalue weighted by Gasteiger charge is -2.11. The normalized spacial score (nSPS) is 9.88. The molecule has 0 spiro atoms. The maximum atomic E-state index is 5.18. The zero-order chi connectivity index (χ0) is 11.8. The zero-order valence-electron chi connectivity index (χ0n) is 9.13. The molecule has 0 heterocycles. The van der Waals surface area contributed by atoms with Gasteiger partial charge in [-0.1, -0.05) is 12.1 Å². The highest BCUT2D eigenvalue weighted by atomic mass is 127. The van der Waals surface area contributed by atoms with E-state index in [1.165, 1.54) is 0 Å². The molecule has 0 amide bonds. The van der Waals surface area contributed by atoms with Gasteiger partial charge < -0.3 is 15.4 Å². The van der Waals surface area contributed by atoms with Crippen LogP contribution in [0.3, 0.4) is 0 Å². The summed E-state index contributed by atoms with van der Waals surface area (Å²) in [6, 6.07) is 8.03. The number of ether oxygens (including phenoxy) is 1. The van der Waals surface area contributed by atoms with Gasteiger partial charge in [-0.3, -0.25) is 0 Å². The zero-order valence-corrected chi connectivity index (χ0v) is 12.1. The monoisotopic (exact) mass is 350 g/mol. The summed E-state index contributed by atoms with van der Waals surface area (Å²) in [5.74, 6) is 0. The molecule has 5 heteroatoms. The summed E-state index contributed by atoms with van der Waals surface area (Å²) < 4.78 is 6.11. The van der Waals surface area contributed by atoms with Crippen LogP contribution in [0, 0.1) is 3.57 Å². The number of anilines is 1. The van der Waals surface area contributed by atoms with Crippen molar-refractivity contribution in [2.75, 3.05) is 25.6 Å². The maximum absolute atomic E-state index is 5.18. The fraction of sp³-hybridized carbons (Fsp3) is 0.364. The third-order valence-corrected chi connectivity index (χ3v) is 3.12. The van der Waals surface area contributed by atoms with Crippen molar-refractivity contribution in [3.05, 3.63) is 27.8 Å². The van der Waals surface area contributed by atoms with Crippen molar-refractivity contribution < 1.29 is 4.74 Å². The predicted octanol–water partition coefficient (Wildman–Crippen LogP) is 2.61. The van der Waals surface area contributed by atoms with Crippen molar-refractivity contribution in [2.24, 2.45) is 0 Å². The molecule has 0 unspecified atom stereocenters. The lowest BCUT2D eigenvalue weighted by Crippen LogP contribution is -2.30. The number of halogens is 1. The average molecular weight is 350 g/mol. The average Bonchev–Trinajstić information content (AvgIpc) is 2.28. The minimum atomic E-state index is 0.653. The summed E-state index contributed by atoms with van der Waals surface area (Å²) in [5.41, 5.74) is 1.03. The van der Waals surface area contributed by atoms with Crippen molar-refractivity contribution in [1.82, 2.24) is 5.32 Å². The molecule has 88 valence electrons. The highest BCUT2D eigenvalue weighted by Crippen LogP contribution is 2.16. The van der Waals surface area contributed by atoms with Crippen molar-refractivity contribution in [3.8, 4) is 0 Å². The highest BCUT2D eigenvalue weighted by molar-refractivity contribution is 14.1. The molecular formula is C11H15IN2OS. The smallest absolute Gasteiger partial charge is 0.170 e. The van der Waals surface area contributed by atoms with Gasteiger partial charge in [-0.05, 0) is 53.4 Å². The number of thiocarbonyl (C=S) groups is 1. The first-order valence-corrected chi connectivity index (χ1v) is 6.51. The molecule has 0 aromatic heterocycles. The molecule has 0 bridgehead atoms. The molecule has 0 saturated heterocycles. The largest absolute Gasteiger partial charge is 0.385 e. The Morgan fingerprint density at radius 2 is 2.19 bits per heavy atom. The van der Waals surface area contributed by atoms with Crippen molar-refractivity contribution in [3.63, 3.8) is 0 Å². The number of hydrogen-bond donors (Lipinski definition) is 2. The van der Waals surface area contributed by atoms with Gasteiger partial charge in [0.05, 0.1) is 5.69 Å². The Kier molecular flexibility index (Phi) is 6.67. The summed E-state index contributed by atoms with van der Waals surface area (Å²) in [6.07, 6.45) is 0.949. The SMILES string of the molecule is COCCCNC(=S)Nc1ccccc1I. The van der Waals surface area contributed by atoms with Crippen LogP contribution < -0.4 is 10.6 Å². The van der Waals surface area contributed by atoms with E-state index in [4.69, 9.17) is 17.0 Å². The summed E-state index contributed by atoms with van der Waals surface area (Å²) >= 11 is 7.45. The number of para-hydroxylation sites is 1. The predicted molar refractivity (Wildman–Crippen MR) is 79.9 cm³/mol. The van der Waals surface area contributed by atoms with Crippen LogP contribution in [0.5, 0.6) is 0 Å². The molecule has 0 aliphatic carbocycles. The molecule has 0 fully saturated rings. The Balaban J connectivity index is 2.32. The molecule has 0 atom stereocenters. The van der Waals surface area contributed by atoms with Gasteiger partial charge in [-0.25, -0.2) is 0 Å². The van der Waals surface area contributed by atoms with Crippen LogP contribution in [-0.4, -0.2) is 25.4 Å². The lowest BCUT2D eigenvalue weighted by atomic mass is 10.3. The minimum Gasteiger partial charge on any atom is -0.385 e. The van der Waals surface area contributed by atoms with E-state index in [0.717, 1.165) is 28.8 Å². The van der Waals surface area contributed by atoms with Crippen molar-refractivity contribution in [2.45, 2.75) is 6.42 Å². The maximum Gasteiger partial charge on any atom is 0.170 e. The Morgan fingerprint density at radius 1 is 1.44 bits per heavy atom. The molecule has 0 radical (unpaired) electrons. The van der Waals surface area contributed by atoms with Crippen LogP contribution >= 0.6 is 34.8 Å². The van der Waals surface area contributed by atoms with Gasteiger partial charge in [0.25, 0.3) is 0 Å². The number of rotatable bonds is 5. The van der Waals surface area contributed by atoms with Gasteiger partial charge in [0.2, 0.25) is 0 Å². The summed E-state index contributed by atoms with van der Waals surface area (Å²) in [5, 5.41) is 6.94. The Labute approximate surface area is 115 Å². The number of hydrogen-bond acceptors (Lipinski definition) is 2. The molecule has 2 N–H and O–H groups in total. The van der Waals surface area contributed by atoms with Crippen LogP contribution in [0.25, 0.3) is 0 Å². The van der Waals surface area contributed by atoms with Gasteiger partial charge in [0, 0.05) is 23.8 Å². The molecular weight excluding hydrogens is 335 g/mol. The summed E-state index contributed by atoms with van der Waals surface area (Å²) in [4.78, 5) is 0. The Morgan fingerprint density at radius 3 is 2.88 bits per heavy atom. The fourth-order valence-electron chi connectivity index (χ4n) is 1.15. The van der Waals surface area contributed by atoms with E-state index in [1.807, 2.05) is 24.3 Å². The minimum absolute atomic E-state index is 0.653. The van der Waals surface area contributed by atoms with E-state index >= 15 is 0 Å². The van der Waals surface area contributed by atoms with Crippen LogP contribution in [0.1, 0.15) is 6.42 Å². The molecule has 0 saturated carbocycles. The summed E-state index contributed by atoms with van der Waals surface area (Å²) in [6.45, 7) is 1.57. The number of benzene rings is 1. The van der Waals surface area contributed by atoms with Gasteiger partial charge >= 0.3 is 0 Å². The van der Waals surface area contributed by atoms with E-state index < -0.39 is 0 Å². The van der Waals surface area contributed by atoms with Gasteiger partial charge in [0.15, 0.2) is 5.11 Å². The van der Waals surface area contributed by atoms with E-state index in [0.29, 0.717) is 5.11 Å². The molecule has 0 aliphatic heterocycles. The van der Waals surface area contributed by atoms with E-state index in [9.17, 15) is 0 Å². The molecule has 1 aromatic rings. The van der Waals surface area contributed by atoms with Gasteiger partial charge in [0.1, 0.15) is 0 Å². The summed E-state index contributed by atoms with van der Waals surface area (Å²) in [7, 11) is 1.70. The third-order valence-electron chi connectivity index (χ3n) is 1.93. The highest BCUT2D eigenvalue weighted by Gasteiger charge is 2.00. The first kappa shape index (κ1) is 13.7. The van der Waals surface area contributed by atoms with Crippen molar-refractivity contribution in [1.29, 1.82) is 0 Å².